The molecule has 0 spiro atoms. The number of hydrogen-bond acceptors (Lipinski definition) is 8. The lowest BCUT2D eigenvalue weighted by atomic mass is 10.0. The molecular weight excluding hydrogens is 518 g/mol. The van der Waals surface area contributed by atoms with Crippen LogP contribution in [-0.2, 0) is 7.05 Å². The largest absolute Gasteiger partial charge is 0.481 e. The number of aromatic nitrogens is 6. The molecule has 3 atom stereocenters. The van der Waals surface area contributed by atoms with Gasteiger partial charge in [0.05, 0.1) is 30.6 Å². The second kappa shape index (κ2) is 9.75. The normalized spacial score (nSPS) is 19.1. The van der Waals surface area contributed by atoms with E-state index in [0.29, 0.717) is 41.4 Å². The SMILES string of the molecule is COc1cccc(C(=O)NC[C@@H]2[C@H]3CN(c4ccc(-c5cc(-c6cnn(C)c6)cn6ncc(C#N)c56)cn4)C[C@@H]23)n1. The Balaban J connectivity index is 1.04. The van der Waals surface area contributed by atoms with E-state index < -0.39 is 0 Å². The smallest absolute Gasteiger partial charge is 0.270 e. The third kappa shape index (κ3) is 4.43. The van der Waals surface area contributed by atoms with Crippen LogP contribution < -0.4 is 15.0 Å². The highest BCUT2D eigenvalue weighted by Gasteiger charge is 2.55. The van der Waals surface area contributed by atoms with Gasteiger partial charge in [0, 0.05) is 73.6 Å². The molecule has 1 saturated heterocycles. The van der Waals surface area contributed by atoms with Gasteiger partial charge in [-0.15, -0.1) is 0 Å². The zero-order valence-electron chi connectivity index (χ0n) is 22.6. The number of nitrogens with one attached hydrogen (secondary N) is 1. The van der Waals surface area contributed by atoms with Crippen molar-refractivity contribution in [2.24, 2.45) is 24.8 Å². The number of anilines is 1. The average molecular weight is 546 g/mol. The Labute approximate surface area is 236 Å². The molecule has 1 saturated carbocycles. The van der Waals surface area contributed by atoms with E-state index in [4.69, 9.17) is 9.72 Å². The predicted octanol–water partition coefficient (Wildman–Crippen LogP) is 3.18. The van der Waals surface area contributed by atoms with E-state index in [-0.39, 0.29) is 5.91 Å². The molecule has 1 aliphatic heterocycles. The molecule has 1 amide bonds. The molecule has 2 aliphatic rings. The van der Waals surface area contributed by atoms with Crippen LogP contribution in [0, 0.1) is 29.1 Å². The predicted molar refractivity (Wildman–Crippen MR) is 151 cm³/mol. The maximum Gasteiger partial charge on any atom is 0.270 e. The van der Waals surface area contributed by atoms with Crippen molar-refractivity contribution >= 4 is 17.2 Å². The zero-order chi connectivity index (χ0) is 28.1. The number of nitrogens with zero attached hydrogens (tertiary/aromatic N) is 8. The fourth-order valence-electron chi connectivity index (χ4n) is 5.98. The lowest BCUT2D eigenvalue weighted by molar-refractivity contribution is 0.0944. The fourth-order valence-corrected chi connectivity index (χ4v) is 5.98. The van der Waals surface area contributed by atoms with Crippen LogP contribution in [-0.4, -0.2) is 62.0 Å². The summed E-state index contributed by atoms with van der Waals surface area (Å²) >= 11 is 0. The maximum atomic E-state index is 12.5. The highest BCUT2D eigenvalue weighted by molar-refractivity contribution is 5.92. The number of rotatable bonds is 7. The van der Waals surface area contributed by atoms with Crippen LogP contribution in [0.3, 0.4) is 0 Å². The Morgan fingerprint density at radius 3 is 2.63 bits per heavy atom. The molecule has 1 N–H and O–H groups in total. The van der Waals surface area contributed by atoms with Gasteiger partial charge in [-0.3, -0.25) is 9.48 Å². The third-order valence-electron chi connectivity index (χ3n) is 8.19. The van der Waals surface area contributed by atoms with Crippen LogP contribution in [0.4, 0.5) is 5.82 Å². The van der Waals surface area contributed by atoms with Gasteiger partial charge in [-0.05, 0) is 42.0 Å². The van der Waals surface area contributed by atoms with Crippen molar-refractivity contribution < 1.29 is 9.53 Å². The van der Waals surface area contributed by atoms with E-state index in [1.165, 1.54) is 7.11 Å². The van der Waals surface area contributed by atoms with Gasteiger partial charge in [0.15, 0.2) is 0 Å². The van der Waals surface area contributed by atoms with E-state index in [1.54, 1.807) is 33.6 Å². The summed E-state index contributed by atoms with van der Waals surface area (Å²) in [5.74, 6) is 2.72. The first kappa shape index (κ1) is 24.8. The minimum atomic E-state index is -0.178. The average Bonchev–Trinajstić information content (AvgIpc) is 3.44. The van der Waals surface area contributed by atoms with Gasteiger partial charge in [0.2, 0.25) is 5.88 Å². The van der Waals surface area contributed by atoms with Gasteiger partial charge in [0.1, 0.15) is 17.6 Å². The van der Waals surface area contributed by atoms with Gasteiger partial charge < -0.3 is 15.0 Å². The second-order valence-corrected chi connectivity index (χ2v) is 10.6. The zero-order valence-corrected chi connectivity index (χ0v) is 22.6. The first-order chi connectivity index (χ1) is 20.0. The fraction of sp³-hybridized carbons (Fsp3) is 0.267. The molecular formula is C30H27N9O2. The summed E-state index contributed by atoms with van der Waals surface area (Å²) in [4.78, 5) is 23.9. The summed E-state index contributed by atoms with van der Waals surface area (Å²) < 4.78 is 8.63. The molecule has 1 aliphatic carbocycles. The van der Waals surface area contributed by atoms with Crippen molar-refractivity contribution in [3.05, 3.63) is 78.6 Å². The van der Waals surface area contributed by atoms with Crippen LogP contribution in [0.2, 0.25) is 0 Å². The molecule has 0 bridgehead atoms. The molecule has 204 valence electrons. The number of pyridine rings is 3. The minimum Gasteiger partial charge on any atom is -0.481 e. The van der Waals surface area contributed by atoms with Gasteiger partial charge in [-0.1, -0.05) is 6.07 Å². The summed E-state index contributed by atoms with van der Waals surface area (Å²) in [6, 6.07) is 13.6. The van der Waals surface area contributed by atoms with E-state index >= 15 is 0 Å². The molecule has 5 aromatic heterocycles. The first-order valence-electron chi connectivity index (χ1n) is 13.4. The lowest BCUT2D eigenvalue weighted by Gasteiger charge is -2.21. The highest BCUT2D eigenvalue weighted by atomic mass is 16.5. The number of nitriles is 1. The number of methoxy groups -OCH3 is 1. The van der Waals surface area contributed by atoms with Crippen LogP contribution >= 0.6 is 0 Å². The quantitative estimate of drug-likeness (QED) is 0.331. The van der Waals surface area contributed by atoms with E-state index in [1.807, 2.05) is 37.9 Å². The molecule has 5 aromatic rings. The second-order valence-electron chi connectivity index (χ2n) is 10.6. The molecule has 7 rings (SSSR count). The number of carbonyl (C=O) groups is 1. The Morgan fingerprint density at radius 2 is 1.93 bits per heavy atom. The Morgan fingerprint density at radius 1 is 1.07 bits per heavy atom. The Bertz CT molecular complexity index is 1810. The van der Waals surface area contributed by atoms with Crippen LogP contribution in [0.5, 0.6) is 5.88 Å². The molecule has 11 nitrogen and oxygen atoms in total. The van der Waals surface area contributed by atoms with Gasteiger partial charge in [-0.25, -0.2) is 14.5 Å². The minimum absolute atomic E-state index is 0.178. The van der Waals surface area contributed by atoms with Gasteiger partial charge in [-0.2, -0.15) is 15.5 Å². The standard InChI is InChI=1S/C30H27N9O2/c1-37-14-21(12-34-37)19-8-22(29-20(9-31)11-35-39(29)15-19)18-6-7-27(32-10-18)38-16-24-23(25(24)17-38)13-33-30(40)26-4-3-5-28(36-26)41-2/h3-8,10-12,14-15,23-25H,13,16-17H2,1-2H3,(H,33,40)/t23-,24-,25+. The number of aryl methyl sites for hydroxylation is 1. The molecule has 11 heteroatoms. The first-order valence-corrected chi connectivity index (χ1v) is 13.4. The third-order valence-corrected chi connectivity index (χ3v) is 8.19. The topological polar surface area (TPSA) is 126 Å². The van der Waals surface area contributed by atoms with Crippen LogP contribution in [0.25, 0.3) is 27.8 Å². The molecule has 0 radical (unpaired) electrons. The molecule has 41 heavy (non-hydrogen) atoms. The number of piperidine rings is 1. The molecule has 2 fully saturated rings. The van der Waals surface area contributed by atoms with Crippen molar-refractivity contribution in [3.8, 4) is 34.2 Å². The maximum absolute atomic E-state index is 12.5. The lowest BCUT2D eigenvalue weighted by Crippen LogP contribution is -2.31. The van der Waals surface area contributed by atoms with Crippen molar-refractivity contribution in [2.45, 2.75) is 0 Å². The van der Waals surface area contributed by atoms with Crippen molar-refractivity contribution in [3.63, 3.8) is 0 Å². The number of hydrogen-bond donors (Lipinski definition) is 1. The summed E-state index contributed by atoms with van der Waals surface area (Å²) in [7, 11) is 3.42. The highest BCUT2D eigenvalue weighted by Crippen LogP contribution is 2.52. The summed E-state index contributed by atoms with van der Waals surface area (Å²) in [6.45, 7) is 2.47. The van der Waals surface area contributed by atoms with Crippen LogP contribution in [0.15, 0.2) is 67.4 Å². The van der Waals surface area contributed by atoms with E-state index in [2.05, 4.69) is 43.6 Å². The monoisotopic (exact) mass is 545 g/mol. The summed E-state index contributed by atoms with van der Waals surface area (Å²) in [6.07, 6.45) is 9.15. The van der Waals surface area contributed by atoms with E-state index in [9.17, 15) is 10.1 Å². The Kier molecular flexibility index (Phi) is 5.89. The van der Waals surface area contributed by atoms with Gasteiger partial charge >= 0.3 is 0 Å². The van der Waals surface area contributed by atoms with Crippen molar-refractivity contribution in [2.75, 3.05) is 31.6 Å². The Hall–Kier alpha value is -5.24. The van der Waals surface area contributed by atoms with Crippen molar-refractivity contribution in [1.82, 2.24) is 34.7 Å². The molecule has 0 unspecified atom stereocenters. The number of amides is 1. The van der Waals surface area contributed by atoms with Crippen molar-refractivity contribution in [1.29, 1.82) is 5.26 Å². The summed E-state index contributed by atoms with van der Waals surface area (Å²) in [5.41, 5.74) is 5.37. The number of fused-ring (bicyclic) bond motifs is 2. The summed E-state index contributed by atoms with van der Waals surface area (Å²) in [5, 5.41) is 21.5. The van der Waals surface area contributed by atoms with E-state index in [0.717, 1.165) is 46.7 Å². The molecule has 0 aromatic carbocycles. The van der Waals surface area contributed by atoms with Crippen LogP contribution in [0.1, 0.15) is 16.1 Å². The van der Waals surface area contributed by atoms with Gasteiger partial charge in [0.25, 0.3) is 5.91 Å². The molecule has 6 heterocycles. The number of carbonyl (C=O) groups excluding carboxylic acids is 1. The number of ether oxygens (including phenoxy) is 1.